The molecule has 1 heterocycles. The number of carbonyl (C=O) groups excluding carboxylic acids is 1. The van der Waals surface area contributed by atoms with E-state index in [2.05, 4.69) is 4.98 Å². The van der Waals surface area contributed by atoms with Gasteiger partial charge in [-0.25, -0.2) is 14.2 Å². The summed E-state index contributed by atoms with van der Waals surface area (Å²) in [6.07, 6.45) is 2.81. The third-order valence-corrected chi connectivity index (χ3v) is 2.64. The van der Waals surface area contributed by atoms with Gasteiger partial charge < -0.3 is 4.74 Å². The number of halogens is 1. The largest absolute Gasteiger partial charge is 0.463 e. The second-order valence-corrected chi connectivity index (χ2v) is 3.93. The summed E-state index contributed by atoms with van der Waals surface area (Å²) in [5, 5.41) is 9.31. The van der Waals surface area contributed by atoms with Crippen molar-refractivity contribution in [1.82, 2.24) is 4.98 Å². The fraction of sp³-hybridized carbons (Fsp3) is 0.133. The van der Waals surface area contributed by atoms with Gasteiger partial charge in [0.2, 0.25) is 0 Å². The number of hydrogen-bond donors (Lipinski definition) is 0. The van der Waals surface area contributed by atoms with Gasteiger partial charge in [0, 0.05) is 11.5 Å². The maximum absolute atomic E-state index is 13.7. The van der Waals surface area contributed by atoms with Gasteiger partial charge in [-0.2, -0.15) is 5.26 Å². The number of esters is 1. The fourth-order valence-corrected chi connectivity index (χ4v) is 1.76. The van der Waals surface area contributed by atoms with Crippen molar-refractivity contribution in [3.05, 3.63) is 47.4 Å². The number of carbonyl (C=O) groups is 1. The molecule has 0 N–H and O–H groups in total. The first-order valence-electron chi connectivity index (χ1n) is 6.00. The number of aromatic nitrogens is 1. The van der Waals surface area contributed by atoms with Crippen LogP contribution in [0.5, 0.6) is 0 Å². The highest BCUT2D eigenvalue weighted by Crippen LogP contribution is 2.22. The van der Waals surface area contributed by atoms with Gasteiger partial charge in [0.1, 0.15) is 23.1 Å². The summed E-state index contributed by atoms with van der Waals surface area (Å²) in [4.78, 5) is 15.2. The van der Waals surface area contributed by atoms with Crippen LogP contribution in [-0.2, 0) is 9.53 Å². The average Bonchev–Trinajstić information content (AvgIpc) is 2.46. The van der Waals surface area contributed by atoms with Crippen LogP contribution in [0.1, 0.15) is 18.2 Å². The van der Waals surface area contributed by atoms with Crippen LogP contribution in [0.3, 0.4) is 0 Å². The minimum absolute atomic E-state index is 0.107. The molecule has 0 aliphatic carbocycles. The van der Waals surface area contributed by atoms with Crippen molar-refractivity contribution >= 4 is 22.9 Å². The van der Waals surface area contributed by atoms with Crippen LogP contribution in [0.25, 0.3) is 17.0 Å². The van der Waals surface area contributed by atoms with Crippen LogP contribution < -0.4 is 0 Å². The molecule has 2 aromatic rings. The third kappa shape index (κ3) is 2.81. The van der Waals surface area contributed by atoms with Gasteiger partial charge in [-0.05, 0) is 36.8 Å². The molecule has 100 valence electrons. The van der Waals surface area contributed by atoms with Gasteiger partial charge in [0.25, 0.3) is 0 Å². The highest BCUT2D eigenvalue weighted by atomic mass is 19.1. The molecule has 0 radical (unpaired) electrons. The van der Waals surface area contributed by atoms with E-state index in [4.69, 9.17) is 10.00 Å². The number of pyridine rings is 1. The van der Waals surface area contributed by atoms with Crippen molar-refractivity contribution < 1.29 is 13.9 Å². The molecule has 0 fully saturated rings. The first-order chi connectivity index (χ1) is 9.65. The predicted molar refractivity (Wildman–Crippen MR) is 72.1 cm³/mol. The van der Waals surface area contributed by atoms with Crippen molar-refractivity contribution in [2.24, 2.45) is 0 Å². The molecule has 4 nitrogen and oxygen atoms in total. The quantitative estimate of drug-likeness (QED) is 0.635. The summed E-state index contributed by atoms with van der Waals surface area (Å²) < 4.78 is 18.5. The molecule has 5 heteroatoms. The van der Waals surface area contributed by atoms with Gasteiger partial charge in [-0.3, -0.25) is 0 Å². The Labute approximate surface area is 115 Å². The van der Waals surface area contributed by atoms with Crippen molar-refractivity contribution in [2.45, 2.75) is 6.92 Å². The SMILES string of the molecule is CCOC(=O)/C=C/c1ccc(F)c2nc(C#N)ccc12. The molecule has 0 saturated carbocycles. The molecular formula is C15H11FN2O2. The first-order valence-corrected chi connectivity index (χ1v) is 6.00. The lowest BCUT2D eigenvalue weighted by molar-refractivity contribution is -0.137. The summed E-state index contributed by atoms with van der Waals surface area (Å²) in [5.74, 6) is -0.975. The molecule has 0 amide bonds. The van der Waals surface area contributed by atoms with E-state index in [0.29, 0.717) is 17.6 Å². The van der Waals surface area contributed by atoms with Gasteiger partial charge in [0.15, 0.2) is 0 Å². The summed E-state index contributed by atoms with van der Waals surface area (Å²) in [6, 6.07) is 7.77. The Morgan fingerprint density at radius 2 is 2.25 bits per heavy atom. The Hall–Kier alpha value is -2.74. The lowest BCUT2D eigenvalue weighted by Gasteiger charge is -2.03. The Balaban J connectivity index is 2.48. The molecule has 0 saturated heterocycles. The van der Waals surface area contributed by atoms with Crippen LogP contribution in [0.15, 0.2) is 30.3 Å². The van der Waals surface area contributed by atoms with Crippen molar-refractivity contribution in [3.63, 3.8) is 0 Å². The Morgan fingerprint density at radius 3 is 2.95 bits per heavy atom. The fourth-order valence-electron chi connectivity index (χ4n) is 1.76. The molecular weight excluding hydrogens is 259 g/mol. The molecule has 2 rings (SSSR count). The Morgan fingerprint density at radius 1 is 1.45 bits per heavy atom. The lowest BCUT2D eigenvalue weighted by Crippen LogP contribution is -1.98. The number of nitrogens with zero attached hydrogens (tertiary/aromatic N) is 2. The topological polar surface area (TPSA) is 63.0 Å². The number of hydrogen-bond acceptors (Lipinski definition) is 4. The Bertz CT molecular complexity index is 732. The Kier molecular flexibility index (Phi) is 4.06. The van der Waals surface area contributed by atoms with E-state index in [1.54, 1.807) is 19.1 Å². The summed E-state index contributed by atoms with van der Waals surface area (Å²) in [6.45, 7) is 2.01. The molecule has 0 atom stereocenters. The molecule has 20 heavy (non-hydrogen) atoms. The molecule has 1 aromatic carbocycles. The van der Waals surface area contributed by atoms with E-state index in [9.17, 15) is 9.18 Å². The van der Waals surface area contributed by atoms with E-state index < -0.39 is 11.8 Å². The van der Waals surface area contributed by atoms with Crippen molar-refractivity contribution in [2.75, 3.05) is 6.61 Å². The van der Waals surface area contributed by atoms with Crippen molar-refractivity contribution in [3.8, 4) is 6.07 Å². The zero-order valence-corrected chi connectivity index (χ0v) is 10.8. The summed E-state index contributed by atoms with van der Waals surface area (Å²) >= 11 is 0. The minimum atomic E-state index is -0.509. The van der Waals surface area contributed by atoms with Gasteiger partial charge >= 0.3 is 5.97 Å². The van der Waals surface area contributed by atoms with Crippen LogP contribution in [0, 0.1) is 17.1 Å². The molecule has 0 aliphatic rings. The summed E-state index contributed by atoms with van der Waals surface area (Å²) in [7, 11) is 0. The van der Waals surface area contributed by atoms with E-state index in [1.165, 1.54) is 24.3 Å². The van der Waals surface area contributed by atoms with E-state index >= 15 is 0 Å². The van der Waals surface area contributed by atoms with E-state index in [1.807, 2.05) is 6.07 Å². The van der Waals surface area contributed by atoms with Gasteiger partial charge in [-0.15, -0.1) is 0 Å². The number of rotatable bonds is 3. The molecule has 0 aliphatic heterocycles. The van der Waals surface area contributed by atoms with Crippen LogP contribution in [0.4, 0.5) is 4.39 Å². The molecule has 0 unspecified atom stereocenters. The average molecular weight is 270 g/mol. The first kappa shape index (κ1) is 13.7. The van der Waals surface area contributed by atoms with Gasteiger partial charge in [0.05, 0.1) is 6.61 Å². The van der Waals surface area contributed by atoms with Crippen LogP contribution in [-0.4, -0.2) is 17.6 Å². The normalized spacial score (nSPS) is 10.7. The maximum atomic E-state index is 13.7. The number of benzene rings is 1. The highest BCUT2D eigenvalue weighted by Gasteiger charge is 2.07. The van der Waals surface area contributed by atoms with E-state index in [-0.39, 0.29) is 11.2 Å². The molecule has 0 bridgehead atoms. The minimum Gasteiger partial charge on any atom is -0.463 e. The number of fused-ring (bicyclic) bond motifs is 1. The number of ether oxygens (including phenoxy) is 1. The van der Waals surface area contributed by atoms with Crippen LogP contribution in [0.2, 0.25) is 0 Å². The second kappa shape index (κ2) is 5.93. The standard InChI is InChI=1S/C15H11FN2O2/c1-2-20-14(19)8-4-10-3-7-13(16)15-12(10)6-5-11(9-17)18-15/h3-8H,2H2,1H3/b8-4+. The zero-order valence-electron chi connectivity index (χ0n) is 10.8. The predicted octanol–water partition coefficient (Wildman–Crippen LogP) is 2.82. The van der Waals surface area contributed by atoms with Crippen LogP contribution >= 0.6 is 0 Å². The number of nitriles is 1. The highest BCUT2D eigenvalue weighted by molar-refractivity contribution is 5.93. The molecule has 1 aromatic heterocycles. The second-order valence-electron chi connectivity index (χ2n) is 3.93. The van der Waals surface area contributed by atoms with Crippen molar-refractivity contribution in [1.29, 1.82) is 5.26 Å². The maximum Gasteiger partial charge on any atom is 0.330 e. The smallest absolute Gasteiger partial charge is 0.330 e. The third-order valence-electron chi connectivity index (χ3n) is 2.64. The summed E-state index contributed by atoms with van der Waals surface area (Å²) in [5.41, 5.74) is 0.879. The lowest BCUT2D eigenvalue weighted by atomic mass is 10.1. The zero-order chi connectivity index (χ0) is 14.5. The molecule has 0 spiro atoms. The van der Waals surface area contributed by atoms with E-state index in [0.717, 1.165) is 0 Å². The van der Waals surface area contributed by atoms with Gasteiger partial charge in [-0.1, -0.05) is 6.07 Å². The monoisotopic (exact) mass is 270 g/mol.